The van der Waals surface area contributed by atoms with E-state index >= 15 is 0 Å². The summed E-state index contributed by atoms with van der Waals surface area (Å²) in [5.41, 5.74) is 2.51. The fourth-order valence-corrected chi connectivity index (χ4v) is 2.41. The fraction of sp³-hybridized carbons (Fsp3) is 0.556. The minimum absolute atomic E-state index is 0.193. The number of allylic oxidation sites excluding steroid dienone is 1. The van der Waals surface area contributed by atoms with Crippen LogP contribution in [-0.4, -0.2) is 13.2 Å². The molecule has 2 rings (SSSR count). The van der Waals surface area contributed by atoms with Gasteiger partial charge in [-0.2, -0.15) is 0 Å². The van der Waals surface area contributed by atoms with Gasteiger partial charge in [-0.05, 0) is 18.4 Å². The molecule has 0 radical (unpaired) electrons. The lowest BCUT2D eigenvalue weighted by molar-refractivity contribution is -0.197. The second-order valence-corrected chi connectivity index (χ2v) is 5.47. The number of ether oxygens (including phenoxy) is 2. The largest absolute Gasteiger partial charge is 0.348 e. The third-order valence-corrected chi connectivity index (χ3v) is 3.58. The Morgan fingerprint density at radius 2 is 1.75 bits per heavy atom. The first-order chi connectivity index (χ1) is 9.83. The van der Waals surface area contributed by atoms with Gasteiger partial charge in [0, 0.05) is 11.5 Å². The van der Waals surface area contributed by atoms with E-state index < -0.39 is 0 Å². The molecule has 1 heterocycles. The minimum Gasteiger partial charge on any atom is -0.348 e. The van der Waals surface area contributed by atoms with Crippen LogP contribution in [0.25, 0.3) is 0 Å². The summed E-state index contributed by atoms with van der Waals surface area (Å²) in [5.74, 6) is 0.400. The molecule has 0 saturated carbocycles. The molecule has 0 N–H and O–H groups in total. The first kappa shape index (κ1) is 15.3. The van der Waals surface area contributed by atoms with Gasteiger partial charge >= 0.3 is 0 Å². The standard InChI is InChI=1S/C18H26O2/c1-3-5-6-8-16-13-19-18(20-14-16)17-11-9-15(7-4-2)10-12-17/h6,8-12,16,18H,3-5,7,13-14H2,1-2H3. The molecule has 2 heteroatoms. The zero-order chi connectivity index (χ0) is 14.2. The molecular formula is C18H26O2. The molecule has 1 fully saturated rings. The van der Waals surface area contributed by atoms with Crippen LogP contribution in [-0.2, 0) is 15.9 Å². The van der Waals surface area contributed by atoms with Crippen molar-refractivity contribution >= 4 is 0 Å². The molecule has 20 heavy (non-hydrogen) atoms. The van der Waals surface area contributed by atoms with Gasteiger partial charge in [0.1, 0.15) is 0 Å². The van der Waals surface area contributed by atoms with Crippen LogP contribution in [0.15, 0.2) is 36.4 Å². The molecule has 1 aromatic carbocycles. The number of benzene rings is 1. The van der Waals surface area contributed by atoms with Crippen LogP contribution in [0, 0.1) is 5.92 Å². The van der Waals surface area contributed by atoms with Crippen LogP contribution in [0.2, 0.25) is 0 Å². The van der Waals surface area contributed by atoms with E-state index in [0.717, 1.165) is 31.6 Å². The monoisotopic (exact) mass is 274 g/mol. The van der Waals surface area contributed by atoms with Gasteiger partial charge < -0.3 is 9.47 Å². The molecule has 0 spiro atoms. The molecule has 1 aromatic rings. The maximum absolute atomic E-state index is 5.83. The van der Waals surface area contributed by atoms with E-state index in [1.165, 1.54) is 18.4 Å². The van der Waals surface area contributed by atoms with Crippen LogP contribution in [0.4, 0.5) is 0 Å². The molecule has 1 aliphatic heterocycles. The van der Waals surface area contributed by atoms with E-state index in [1.807, 2.05) is 0 Å². The van der Waals surface area contributed by atoms with Crippen LogP contribution in [0.1, 0.15) is 50.5 Å². The Kier molecular flexibility index (Phi) is 6.28. The summed E-state index contributed by atoms with van der Waals surface area (Å²) in [7, 11) is 0. The van der Waals surface area contributed by atoms with Crippen molar-refractivity contribution in [1.29, 1.82) is 0 Å². The van der Waals surface area contributed by atoms with Crippen molar-refractivity contribution < 1.29 is 9.47 Å². The van der Waals surface area contributed by atoms with E-state index in [0.29, 0.717) is 5.92 Å². The molecule has 1 aliphatic rings. The summed E-state index contributed by atoms with van der Waals surface area (Å²) in [6.45, 7) is 5.90. The van der Waals surface area contributed by atoms with Crippen molar-refractivity contribution in [2.24, 2.45) is 5.92 Å². The molecule has 1 saturated heterocycles. The molecule has 0 amide bonds. The number of rotatable bonds is 6. The van der Waals surface area contributed by atoms with Crippen molar-refractivity contribution in [2.45, 2.75) is 45.8 Å². The summed E-state index contributed by atoms with van der Waals surface area (Å²) in [5, 5.41) is 0. The molecule has 0 bridgehead atoms. The second kappa shape index (κ2) is 8.23. The lowest BCUT2D eigenvalue weighted by Gasteiger charge is -2.28. The molecule has 2 nitrogen and oxygen atoms in total. The van der Waals surface area contributed by atoms with Gasteiger partial charge in [-0.15, -0.1) is 0 Å². The Labute approximate surface area is 122 Å². The van der Waals surface area contributed by atoms with Gasteiger partial charge in [-0.25, -0.2) is 0 Å². The van der Waals surface area contributed by atoms with Crippen molar-refractivity contribution in [2.75, 3.05) is 13.2 Å². The third-order valence-electron chi connectivity index (χ3n) is 3.58. The normalized spacial score (nSPS) is 23.3. The predicted octanol–water partition coefficient (Wildman–Crippen LogP) is 4.66. The number of hydrogen-bond acceptors (Lipinski definition) is 2. The third kappa shape index (κ3) is 4.46. The fourth-order valence-electron chi connectivity index (χ4n) is 2.41. The summed E-state index contributed by atoms with van der Waals surface area (Å²) >= 11 is 0. The Morgan fingerprint density at radius 3 is 2.35 bits per heavy atom. The molecular weight excluding hydrogens is 248 g/mol. The van der Waals surface area contributed by atoms with Crippen molar-refractivity contribution in [3.63, 3.8) is 0 Å². The van der Waals surface area contributed by atoms with Gasteiger partial charge in [0.05, 0.1) is 13.2 Å². The van der Waals surface area contributed by atoms with Gasteiger partial charge in [-0.1, -0.05) is 63.1 Å². The van der Waals surface area contributed by atoms with Gasteiger partial charge in [0.15, 0.2) is 6.29 Å². The summed E-state index contributed by atoms with van der Waals surface area (Å²) in [6, 6.07) is 8.61. The average molecular weight is 274 g/mol. The van der Waals surface area contributed by atoms with Gasteiger partial charge in [0.25, 0.3) is 0 Å². The maximum Gasteiger partial charge on any atom is 0.183 e. The highest BCUT2D eigenvalue weighted by molar-refractivity contribution is 5.23. The van der Waals surface area contributed by atoms with Crippen LogP contribution >= 0.6 is 0 Å². The van der Waals surface area contributed by atoms with Crippen LogP contribution in [0.3, 0.4) is 0 Å². The highest BCUT2D eigenvalue weighted by atomic mass is 16.7. The quantitative estimate of drug-likeness (QED) is 0.703. The van der Waals surface area contributed by atoms with Crippen molar-refractivity contribution in [3.8, 4) is 0 Å². The Balaban J connectivity index is 1.83. The lowest BCUT2D eigenvalue weighted by Crippen LogP contribution is -2.25. The van der Waals surface area contributed by atoms with Gasteiger partial charge in [-0.3, -0.25) is 0 Å². The zero-order valence-electron chi connectivity index (χ0n) is 12.7. The topological polar surface area (TPSA) is 18.5 Å². The highest BCUT2D eigenvalue weighted by Crippen LogP contribution is 2.26. The minimum atomic E-state index is -0.193. The molecule has 0 aliphatic carbocycles. The smallest absolute Gasteiger partial charge is 0.183 e. The van der Waals surface area contributed by atoms with Crippen LogP contribution in [0.5, 0.6) is 0 Å². The first-order valence-electron chi connectivity index (χ1n) is 7.82. The highest BCUT2D eigenvalue weighted by Gasteiger charge is 2.21. The zero-order valence-corrected chi connectivity index (χ0v) is 12.7. The summed E-state index contributed by atoms with van der Waals surface area (Å²) in [4.78, 5) is 0. The van der Waals surface area contributed by atoms with Crippen molar-refractivity contribution in [3.05, 3.63) is 47.5 Å². The first-order valence-corrected chi connectivity index (χ1v) is 7.82. The Hall–Kier alpha value is -1.12. The van der Waals surface area contributed by atoms with E-state index in [-0.39, 0.29) is 6.29 Å². The van der Waals surface area contributed by atoms with E-state index in [2.05, 4.69) is 50.3 Å². The number of hydrogen-bond donors (Lipinski definition) is 0. The molecule has 0 aromatic heterocycles. The van der Waals surface area contributed by atoms with Gasteiger partial charge in [0.2, 0.25) is 0 Å². The maximum atomic E-state index is 5.83. The molecule has 0 unspecified atom stereocenters. The van der Waals surface area contributed by atoms with E-state index in [4.69, 9.17) is 9.47 Å². The Morgan fingerprint density at radius 1 is 1.05 bits per heavy atom. The second-order valence-electron chi connectivity index (χ2n) is 5.47. The summed E-state index contributed by atoms with van der Waals surface area (Å²) in [6.07, 6.45) is 8.91. The van der Waals surface area contributed by atoms with Crippen molar-refractivity contribution in [1.82, 2.24) is 0 Å². The Bertz CT molecular complexity index is 400. The number of unbranched alkanes of at least 4 members (excludes halogenated alkanes) is 1. The van der Waals surface area contributed by atoms with E-state index in [1.54, 1.807) is 0 Å². The SMILES string of the molecule is CCCC=CC1COC(c2ccc(CCC)cc2)OC1. The lowest BCUT2D eigenvalue weighted by atomic mass is 10.1. The van der Waals surface area contributed by atoms with E-state index in [9.17, 15) is 0 Å². The molecule has 0 atom stereocenters. The molecule has 110 valence electrons. The summed E-state index contributed by atoms with van der Waals surface area (Å²) < 4.78 is 11.7. The average Bonchev–Trinajstić information content (AvgIpc) is 2.49. The van der Waals surface area contributed by atoms with Crippen LogP contribution < -0.4 is 0 Å². The predicted molar refractivity (Wildman–Crippen MR) is 82.6 cm³/mol. The number of aryl methyl sites for hydroxylation is 1.